The first-order chi connectivity index (χ1) is 9.04. The van der Waals surface area contributed by atoms with E-state index in [4.69, 9.17) is 4.74 Å². The number of hydrogen-bond donors (Lipinski definition) is 1. The maximum absolute atomic E-state index is 5.37. The summed E-state index contributed by atoms with van der Waals surface area (Å²) in [5, 5.41) is 4.61. The summed E-state index contributed by atoms with van der Waals surface area (Å²) in [6.45, 7) is 12.1. The summed E-state index contributed by atoms with van der Waals surface area (Å²) in [5.74, 6) is 0.734. The molecule has 1 aromatic heterocycles. The molecule has 5 heteroatoms. The number of hydrogen-bond acceptors (Lipinski definition) is 5. The minimum absolute atomic E-state index is 0.0888. The van der Waals surface area contributed by atoms with Gasteiger partial charge in [0.1, 0.15) is 0 Å². The molecule has 4 nitrogen and oxygen atoms in total. The van der Waals surface area contributed by atoms with Gasteiger partial charge in [-0.15, -0.1) is 0 Å². The average molecular weight is 299 g/mol. The lowest BCUT2D eigenvalue weighted by Gasteiger charge is -2.33. The molecule has 0 saturated heterocycles. The first-order valence-corrected chi connectivity index (χ1v) is 7.82. The number of nitrogens with zero attached hydrogens (tertiary/aromatic N) is 2. The zero-order chi connectivity index (χ0) is 15.6. The second-order valence-corrected chi connectivity index (χ2v) is 8.36. The second kappa shape index (κ2) is 6.31. The summed E-state index contributed by atoms with van der Waals surface area (Å²) in [7, 11) is 5.68. The lowest BCUT2D eigenvalue weighted by molar-refractivity contribution is 0.240. The SMILES string of the molecule is COc1nc(N(C)C)sc1CNC(C)(C)CC(C)(C)C. The molecule has 0 aliphatic carbocycles. The summed E-state index contributed by atoms with van der Waals surface area (Å²) < 4.78 is 5.37. The first kappa shape index (κ1) is 17.2. The Balaban J connectivity index is 2.74. The highest BCUT2D eigenvalue weighted by Crippen LogP contribution is 2.32. The van der Waals surface area contributed by atoms with E-state index in [-0.39, 0.29) is 5.54 Å². The Morgan fingerprint density at radius 2 is 1.80 bits per heavy atom. The van der Waals surface area contributed by atoms with Gasteiger partial charge >= 0.3 is 0 Å². The molecule has 0 aromatic carbocycles. The van der Waals surface area contributed by atoms with E-state index < -0.39 is 0 Å². The Hall–Kier alpha value is -0.810. The van der Waals surface area contributed by atoms with Gasteiger partial charge in [0.25, 0.3) is 0 Å². The Morgan fingerprint density at radius 1 is 1.20 bits per heavy atom. The number of rotatable bonds is 6. The minimum Gasteiger partial charge on any atom is -0.480 e. The van der Waals surface area contributed by atoms with Crippen LogP contribution in [0.4, 0.5) is 5.13 Å². The van der Waals surface area contributed by atoms with Crippen molar-refractivity contribution in [3.8, 4) is 5.88 Å². The smallest absolute Gasteiger partial charge is 0.230 e. The van der Waals surface area contributed by atoms with Crippen molar-refractivity contribution in [1.29, 1.82) is 0 Å². The van der Waals surface area contributed by atoms with Crippen LogP contribution in [0.2, 0.25) is 0 Å². The van der Waals surface area contributed by atoms with Crippen molar-refractivity contribution >= 4 is 16.5 Å². The van der Waals surface area contributed by atoms with Crippen LogP contribution in [-0.2, 0) is 6.54 Å². The van der Waals surface area contributed by atoms with Gasteiger partial charge in [-0.05, 0) is 25.7 Å². The average Bonchev–Trinajstić information content (AvgIpc) is 2.66. The highest BCUT2D eigenvalue weighted by molar-refractivity contribution is 7.15. The van der Waals surface area contributed by atoms with E-state index in [1.54, 1.807) is 18.4 Å². The molecule has 0 amide bonds. The molecular weight excluding hydrogens is 270 g/mol. The van der Waals surface area contributed by atoms with Crippen LogP contribution >= 0.6 is 11.3 Å². The highest BCUT2D eigenvalue weighted by Gasteiger charge is 2.25. The predicted octanol–water partition coefficient (Wildman–Crippen LogP) is 3.52. The highest BCUT2D eigenvalue weighted by atomic mass is 32.1. The van der Waals surface area contributed by atoms with Crippen LogP contribution in [0.5, 0.6) is 5.88 Å². The number of thiazole rings is 1. The third-order valence-corrected chi connectivity index (χ3v) is 4.13. The lowest BCUT2D eigenvalue weighted by Crippen LogP contribution is -2.41. The molecule has 0 spiro atoms. The van der Waals surface area contributed by atoms with E-state index in [2.05, 4.69) is 44.9 Å². The van der Waals surface area contributed by atoms with Crippen molar-refractivity contribution in [1.82, 2.24) is 10.3 Å². The van der Waals surface area contributed by atoms with Crippen LogP contribution in [0.25, 0.3) is 0 Å². The van der Waals surface area contributed by atoms with E-state index in [9.17, 15) is 0 Å². The van der Waals surface area contributed by atoms with Gasteiger partial charge in [0.2, 0.25) is 5.88 Å². The largest absolute Gasteiger partial charge is 0.480 e. The van der Waals surface area contributed by atoms with E-state index in [0.29, 0.717) is 5.41 Å². The summed E-state index contributed by atoms with van der Waals surface area (Å²) in [5.41, 5.74) is 0.397. The van der Waals surface area contributed by atoms with Gasteiger partial charge in [0.05, 0.1) is 12.0 Å². The van der Waals surface area contributed by atoms with Gasteiger partial charge in [-0.2, -0.15) is 4.98 Å². The Morgan fingerprint density at radius 3 is 2.25 bits per heavy atom. The molecule has 0 aliphatic rings. The monoisotopic (exact) mass is 299 g/mol. The predicted molar refractivity (Wildman–Crippen MR) is 88.0 cm³/mol. The van der Waals surface area contributed by atoms with Crippen molar-refractivity contribution in [2.24, 2.45) is 5.41 Å². The molecule has 0 aliphatic heterocycles. The van der Waals surface area contributed by atoms with Crippen LogP contribution in [0.1, 0.15) is 45.9 Å². The van der Waals surface area contributed by atoms with Gasteiger partial charge in [-0.25, -0.2) is 0 Å². The number of anilines is 1. The summed E-state index contributed by atoms with van der Waals surface area (Å²) in [4.78, 5) is 7.65. The molecule has 1 rings (SSSR count). The Kier molecular flexibility index (Phi) is 5.44. The molecule has 0 atom stereocenters. The zero-order valence-electron chi connectivity index (χ0n) is 14.1. The molecule has 1 N–H and O–H groups in total. The van der Waals surface area contributed by atoms with Crippen LogP contribution in [0, 0.1) is 5.41 Å². The van der Waals surface area contributed by atoms with Crippen molar-refractivity contribution < 1.29 is 4.74 Å². The van der Waals surface area contributed by atoms with E-state index in [1.165, 1.54) is 0 Å². The molecule has 20 heavy (non-hydrogen) atoms. The molecule has 1 heterocycles. The van der Waals surface area contributed by atoms with Gasteiger partial charge in [0, 0.05) is 26.2 Å². The molecular formula is C15H29N3OS. The standard InChI is InChI=1S/C15H29N3OS/c1-14(2,3)10-15(4,5)16-9-11-12(19-8)17-13(20-11)18(6)7/h16H,9-10H2,1-8H3. The third kappa shape index (κ3) is 5.29. The topological polar surface area (TPSA) is 37.4 Å². The molecule has 1 aromatic rings. The fourth-order valence-electron chi connectivity index (χ4n) is 2.50. The lowest BCUT2D eigenvalue weighted by atomic mass is 9.82. The third-order valence-electron chi connectivity index (χ3n) is 2.93. The first-order valence-electron chi connectivity index (χ1n) is 7.00. The van der Waals surface area contributed by atoms with E-state index in [0.717, 1.165) is 28.9 Å². The number of ether oxygens (including phenoxy) is 1. The second-order valence-electron chi connectivity index (χ2n) is 7.30. The number of nitrogens with one attached hydrogen (secondary N) is 1. The molecule has 116 valence electrons. The van der Waals surface area contributed by atoms with Crippen LogP contribution in [0.3, 0.4) is 0 Å². The Bertz CT molecular complexity index is 433. The van der Waals surface area contributed by atoms with Crippen molar-refractivity contribution in [2.45, 2.75) is 53.1 Å². The van der Waals surface area contributed by atoms with Crippen LogP contribution in [-0.4, -0.2) is 31.7 Å². The maximum atomic E-state index is 5.37. The minimum atomic E-state index is 0.0888. The molecule has 0 bridgehead atoms. The van der Waals surface area contributed by atoms with E-state index >= 15 is 0 Å². The van der Waals surface area contributed by atoms with Gasteiger partial charge in [-0.3, -0.25) is 0 Å². The van der Waals surface area contributed by atoms with E-state index in [1.807, 2.05) is 19.0 Å². The van der Waals surface area contributed by atoms with Crippen LogP contribution in [0.15, 0.2) is 0 Å². The van der Waals surface area contributed by atoms with Gasteiger partial charge in [0.15, 0.2) is 5.13 Å². The summed E-state index contributed by atoms with van der Waals surface area (Å²) in [6, 6.07) is 0. The number of aromatic nitrogens is 1. The summed E-state index contributed by atoms with van der Waals surface area (Å²) in [6.07, 6.45) is 1.11. The quantitative estimate of drug-likeness (QED) is 0.872. The van der Waals surface area contributed by atoms with Crippen molar-refractivity contribution in [3.63, 3.8) is 0 Å². The molecule has 0 saturated carbocycles. The molecule has 0 unspecified atom stereocenters. The zero-order valence-corrected chi connectivity index (χ0v) is 14.9. The fraction of sp³-hybridized carbons (Fsp3) is 0.800. The molecule has 0 fully saturated rings. The maximum Gasteiger partial charge on any atom is 0.230 e. The number of methoxy groups -OCH3 is 1. The molecule has 0 radical (unpaired) electrons. The van der Waals surface area contributed by atoms with Crippen molar-refractivity contribution in [3.05, 3.63) is 4.88 Å². The fourth-order valence-corrected chi connectivity index (χ4v) is 3.39. The van der Waals surface area contributed by atoms with Crippen molar-refractivity contribution in [2.75, 3.05) is 26.1 Å². The Labute approximate surface area is 127 Å². The van der Waals surface area contributed by atoms with Gasteiger partial charge in [-0.1, -0.05) is 32.1 Å². The van der Waals surface area contributed by atoms with Gasteiger partial charge < -0.3 is 15.0 Å². The van der Waals surface area contributed by atoms with Crippen LogP contribution < -0.4 is 15.0 Å². The summed E-state index contributed by atoms with van der Waals surface area (Å²) >= 11 is 1.68. The normalized spacial score (nSPS) is 12.6.